The highest BCUT2D eigenvalue weighted by molar-refractivity contribution is 9.10. The Morgan fingerprint density at radius 1 is 1.39 bits per heavy atom. The molecule has 0 bridgehead atoms. The van der Waals surface area contributed by atoms with Gasteiger partial charge in [-0.1, -0.05) is 15.9 Å². The molecule has 1 aliphatic heterocycles. The van der Waals surface area contributed by atoms with E-state index in [1.54, 1.807) is 36.3 Å². The van der Waals surface area contributed by atoms with E-state index in [4.69, 9.17) is 5.73 Å². The number of ketones is 1. The van der Waals surface area contributed by atoms with Crippen molar-refractivity contribution < 1.29 is 9.18 Å². The number of benzene rings is 1. The average molecular weight is 442 g/mol. The largest absolute Gasteiger partial charge is 0.384 e. The summed E-state index contributed by atoms with van der Waals surface area (Å²) in [6.45, 7) is 0. The van der Waals surface area contributed by atoms with E-state index in [0.717, 1.165) is 5.56 Å². The van der Waals surface area contributed by atoms with E-state index in [1.807, 2.05) is 0 Å². The molecule has 28 heavy (non-hydrogen) atoms. The van der Waals surface area contributed by atoms with Gasteiger partial charge in [0.25, 0.3) is 0 Å². The van der Waals surface area contributed by atoms with Gasteiger partial charge in [-0.2, -0.15) is 10.4 Å². The van der Waals surface area contributed by atoms with Crippen molar-refractivity contribution in [2.24, 2.45) is 12.8 Å². The third-order valence-corrected chi connectivity index (χ3v) is 5.62. The van der Waals surface area contributed by atoms with Crippen LogP contribution in [0.4, 0.5) is 10.1 Å². The standard InChI is InChI=1S/C20H17BrFN5O/c1-26-10-11(9-25-26)18-13(8-23)20(24)27(15-6-5-12(21)7-14(15)22)16-3-2-4-17(28)19(16)18/h5-7,9-10,18H,2-4,24H2,1H3/t18-/m0/s1. The van der Waals surface area contributed by atoms with E-state index < -0.39 is 11.7 Å². The fourth-order valence-electron chi connectivity index (χ4n) is 3.95. The summed E-state index contributed by atoms with van der Waals surface area (Å²) in [6.07, 6.45) is 5.04. The van der Waals surface area contributed by atoms with Crippen LogP contribution in [-0.4, -0.2) is 15.6 Å². The van der Waals surface area contributed by atoms with Crippen molar-refractivity contribution in [1.29, 1.82) is 5.26 Å². The maximum Gasteiger partial charge on any atom is 0.161 e. The number of halogens is 2. The van der Waals surface area contributed by atoms with Gasteiger partial charge < -0.3 is 5.73 Å². The molecular weight excluding hydrogens is 425 g/mol. The Morgan fingerprint density at radius 3 is 2.82 bits per heavy atom. The van der Waals surface area contributed by atoms with Gasteiger partial charge in [0, 0.05) is 41.0 Å². The van der Waals surface area contributed by atoms with Crippen LogP contribution in [0.1, 0.15) is 30.7 Å². The second-order valence-electron chi connectivity index (χ2n) is 6.86. The highest BCUT2D eigenvalue weighted by atomic mass is 79.9. The number of nitrogens with zero attached hydrogens (tertiary/aromatic N) is 4. The summed E-state index contributed by atoms with van der Waals surface area (Å²) >= 11 is 3.25. The van der Waals surface area contributed by atoms with Crippen LogP contribution >= 0.6 is 15.9 Å². The Kier molecular flexibility index (Phi) is 4.55. The van der Waals surface area contributed by atoms with E-state index in [0.29, 0.717) is 35.0 Å². The molecule has 0 amide bonds. The molecule has 1 aromatic heterocycles. The van der Waals surface area contributed by atoms with Gasteiger partial charge in [-0.15, -0.1) is 0 Å². The summed E-state index contributed by atoms with van der Waals surface area (Å²) in [6, 6.07) is 6.79. The monoisotopic (exact) mass is 441 g/mol. The van der Waals surface area contributed by atoms with Crippen LogP contribution in [0, 0.1) is 17.1 Å². The van der Waals surface area contributed by atoms with Gasteiger partial charge in [-0.3, -0.25) is 14.4 Å². The molecule has 0 saturated heterocycles. The molecule has 0 fully saturated rings. The highest BCUT2D eigenvalue weighted by Gasteiger charge is 2.41. The Balaban J connectivity index is 1.98. The first-order valence-corrected chi connectivity index (χ1v) is 9.61. The number of aromatic nitrogens is 2. The van der Waals surface area contributed by atoms with Gasteiger partial charge in [-0.25, -0.2) is 4.39 Å². The number of carbonyl (C=O) groups excluding carboxylic acids is 1. The lowest BCUT2D eigenvalue weighted by atomic mass is 9.76. The van der Waals surface area contributed by atoms with Crippen LogP contribution in [0.2, 0.25) is 0 Å². The first-order valence-electron chi connectivity index (χ1n) is 8.82. The van der Waals surface area contributed by atoms with E-state index in [9.17, 15) is 14.4 Å². The van der Waals surface area contributed by atoms with Crippen LogP contribution in [0.3, 0.4) is 0 Å². The minimum absolute atomic E-state index is 0.0436. The lowest BCUT2D eigenvalue weighted by molar-refractivity contribution is -0.116. The summed E-state index contributed by atoms with van der Waals surface area (Å²) in [5.74, 6) is -0.973. The minimum Gasteiger partial charge on any atom is -0.384 e. The normalized spacial score (nSPS) is 19.7. The van der Waals surface area contributed by atoms with Crippen molar-refractivity contribution in [2.75, 3.05) is 4.90 Å². The zero-order chi connectivity index (χ0) is 20.0. The number of nitriles is 1. The SMILES string of the molecule is Cn1cc([C@H]2C(C#N)=C(N)N(c3ccc(Br)cc3F)C3=C2C(=O)CCC3)cn1. The van der Waals surface area contributed by atoms with Crippen LogP contribution in [0.25, 0.3) is 0 Å². The van der Waals surface area contributed by atoms with E-state index in [2.05, 4.69) is 27.1 Å². The fourth-order valence-corrected chi connectivity index (χ4v) is 4.28. The Hall–Kier alpha value is -2.92. The van der Waals surface area contributed by atoms with Gasteiger partial charge in [0.1, 0.15) is 11.6 Å². The number of Topliss-reactive ketones (excluding diaryl/α,β-unsaturated/α-hetero) is 1. The lowest BCUT2D eigenvalue weighted by Crippen LogP contribution is -2.39. The summed E-state index contributed by atoms with van der Waals surface area (Å²) in [5, 5.41) is 14.1. The number of hydrogen-bond donors (Lipinski definition) is 1. The Labute approximate surface area is 169 Å². The molecule has 0 spiro atoms. The van der Waals surface area contributed by atoms with Crippen LogP contribution in [0.5, 0.6) is 0 Å². The molecule has 8 heteroatoms. The minimum atomic E-state index is -0.587. The molecule has 6 nitrogen and oxygen atoms in total. The lowest BCUT2D eigenvalue weighted by Gasteiger charge is -2.39. The number of hydrogen-bond acceptors (Lipinski definition) is 5. The topological polar surface area (TPSA) is 87.9 Å². The van der Waals surface area contributed by atoms with Crippen molar-refractivity contribution in [3.63, 3.8) is 0 Å². The number of nitrogens with two attached hydrogens (primary N) is 1. The quantitative estimate of drug-likeness (QED) is 0.768. The third kappa shape index (κ3) is 2.83. The summed E-state index contributed by atoms with van der Waals surface area (Å²) in [7, 11) is 1.77. The Morgan fingerprint density at radius 2 is 2.18 bits per heavy atom. The molecular formula is C20H17BrFN5O. The van der Waals surface area contributed by atoms with Crippen molar-refractivity contribution in [2.45, 2.75) is 25.2 Å². The summed E-state index contributed by atoms with van der Waals surface area (Å²) in [4.78, 5) is 14.4. The fraction of sp³-hybridized carbons (Fsp3) is 0.250. The maximum absolute atomic E-state index is 14.8. The zero-order valence-electron chi connectivity index (χ0n) is 15.1. The number of anilines is 1. The van der Waals surface area contributed by atoms with Gasteiger partial charge in [-0.05, 0) is 31.0 Å². The third-order valence-electron chi connectivity index (χ3n) is 5.12. The highest BCUT2D eigenvalue weighted by Crippen LogP contribution is 2.46. The average Bonchev–Trinajstić information content (AvgIpc) is 3.08. The molecule has 2 aliphatic rings. The molecule has 1 aliphatic carbocycles. The molecule has 2 N–H and O–H groups in total. The van der Waals surface area contributed by atoms with Crippen molar-refractivity contribution in [1.82, 2.24) is 9.78 Å². The van der Waals surface area contributed by atoms with Gasteiger partial charge in [0.15, 0.2) is 5.78 Å². The summed E-state index contributed by atoms with van der Waals surface area (Å²) in [5.41, 5.74) is 8.73. The number of aryl methyl sites for hydroxylation is 1. The first kappa shape index (κ1) is 18.4. The van der Waals surface area contributed by atoms with Gasteiger partial charge >= 0.3 is 0 Å². The molecule has 0 unspecified atom stereocenters. The van der Waals surface area contributed by atoms with Crippen LogP contribution < -0.4 is 10.6 Å². The number of carbonyl (C=O) groups is 1. The smallest absolute Gasteiger partial charge is 0.161 e. The molecule has 0 radical (unpaired) electrons. The van der Waals surface area contributed by atoms with Gasteiger partial charge in [0.05, 0.1) is 29.4 Å². The van der Waals surface area contributed by atoms with Crippen molar-refractivity contribution >= 4 is 27.4 Å². The molecule has 2 heterocycles. The van der Waals surface area contributed by atoms with Crippen LogP contribution in [-0.2, 0) is 11.8 Å². The van der Waals surface area contributed by atoms with E-state index >= 15 is 0 Å². The molecule has 0 saturated carbocycles. The molecule has 1 atom stereocenters. The second-order valence-corrected chi connectivity index (χ2v) is 7.77. The molecule has 2 aromatic rings. The number of rotatable bonds is 2. The summed E-state index contributed by atoms with van der Waals surface area (Å²) < 4.78 is 17.0. The molecule has 1 aromatic carbocycles. The predicted molar refractivity (Wildman–Crippen MR) is 105 cm³/mol. The first-order chi connectivity index (χ1) is 13.4. The van der Waals surface area contributed by atoms with Crippen LogP contribution in [0.15, 0.2) is 57.7 Å². The zero-order valence-corrected chi connectivity index (χ0v) is 16.7. The van der Waals surface area contributed by atoms with Crippen molar-refractivity contribution in [3.05, 3.63) is 69.1 Å². The van der Waals surface area contributed by atoms with Crippen molar-refractivity contribution in [3.8, 4) is 6.07 Å². The molecule has 142 valence electrons. The predicted octanol–water partition coefficient (Wildman–Crippen LogP) is 3.63. The second kappa shape index (κ2) is 6.91. The number of allylic oxidation sites excluding steroid dienone is 3. The van der Waals surface area contributed by atoms with E-state index in [1.165, 1.54) is 11.0 Å². The Bertz CT molecular complexity index is 1090. The maximum atomic E-state index is 14.8. The van der Waals surface area contributed by atoms with E-state index in [-0.39, 0.29) is 22.9 Å². The molecule has 4 rings (SSSR count). The van der Waals surface area contributed by atoms with Gasteiger partial charge in [0.2, 0.25) is 0 Å².